The summed E-state index contributed by atoms with van der Waals surface area (Å²) in [6.07, 6.45) is 2.26. The maximum Gasteiger partial charge on any atom is 0.0630 e. The summed E-state index contributed by atoms with van der Waals surface area (Å²) < 4.78 is 5.05. The molecule has 1 saturated heterocycles. The second kappa shape index (κ2) is 2.53. The average molecular weight is 121 g/mol. The molecular formula is C5H9ClO. The molecule has 0 saturated carbocycles. The van der Waals surface area contributed by atoms with E-state index in [1.165, 1.54) is 0 Å². The van der Waals surface area contributed by atoms with Gasteiger partial charge in [-0.2, -0.15) is 0 Å². The van der Waals surface area contributed by atoms with Gasteiger partial charge in [-0.05, 0) is 12.8 Å². The number of hydrogen-bond acceptors (Lipinski definition) is 1. The van der Waals surface area contributed by atoms with Gasteiger partial charge in [-0.25, -0.2) is 0 Å². The highest BCUT2D eigenvalue weighted by Gasteiger charge is 2.08. The van der Waals surface area contributed by atoms with Crippen LogP contribution in [0, 0.1) is 0 Å². The molecule has 0 aliphatic carbocycles. The van der Waals surface area contributed by atoms with Crippen LogP contribution in [0.2, 0.25) is 0 Å². The molecule has 1 heterocycles. The molecule has 7 heavy (non-hydrogen) atoms. The average Bonchev–Trinajstić information content (AvgIpc) is 1.69. The molecule has 1 aliphatic rings. The summed E-state index contributed by atoms with van der Waals surface area (Å²) >= 11 is 5.69. The topological polar surface area (TPSA) is 9.23 Å². The van der Waals surface area contributed by atoms with Crippen molar-refractivity contribution in [1.29, 1.82) is 0 Å². The first-order valence-electron chi connectivity index (χ1n) is 2.61. The van der Waals surface area contributed by atoms with Gasteiger partial charge in [-0.3, -0.25) is 0 Å². The number of hydrogen-bond donors (Lipinski definition) is 0. The molecule has 1 nitrogen and oxygen atoms in total. The lowest BCUT2D eigenvalue weighted by Gasteiger charge is -2.14. The Morgan fingerprint density at radius 3 is 2.71 bits per heavy atom. The fourth-order valence-electron chi connectivity index (χ4n) is 0.701. The van der Waals surface area contributed by atoms with Crippen molar-refractivity contribution in [2.45, 2.75) is 18.2 Å². The number of halogens is 1. The molecule has 1 rings (SSSR count). The van der Waals surface area contributed by atoms with Crippen LogP contribution in [0.15, 0.2) is 0 Å². The zero-order valence-corrected chi connectivity index (χ0v) is 4.95. The van der Waals surface area contributed by atoms with Crippen molar-refractivity contribution in [2.24, 2.45) is 0 Å². The van der Waals surface area contributed by atoms with Gasteiger partial charge in [-0.15, -0.1) is 11.6 Å². The molecule has 1 aliphatic heterocycles. The van der Waals surface area contributed by atoms with Crippen LogP contribution in [0.1, 0.15) is 12.8 Å². The molecule has 42 valence electrons. The third kappa shape index (κ3) is 1.66. The summed E-state index contributed by atoms with van der Waals surface area (Å²) in [4.78, 5) is 0. The normalized spacial score (nSPS) is 33.0. The Kier molecular flexibility index (Phi) is 1.95. The van der Waals surface area contributed by atoms with Gasteiger partial charge in [0.15, 0.2) is 0 Å². The Labute approximate surface area is 48.6 Å². The van der Waals surface area contributed by atoms with Crippen LogP contribution in [0.3, 0.4) is 0 Å². The van der Waals surface area contributed by atoms with E-state index in [2.05, 4.69) is 0 Å². The van der Waals surface area contributed by atoms with Gasteiger partial charge >= 0.3 is 0 Å². The Morgan fingerprint density at radius 2 is 2.43 bits per heavy atom. The molecule has 1 fully saturated rings. The predicted molar refractivity (Wildman–Crippen MR) is 29.7 cm³/mol. The number of rotatable bonds is 0. The molecule has 0 aromatic carbocycles. The van der Waals surface area contributed by atoms with Gasteiger partial charge in [0.25, 0.3) is 0 Å². The maximum atomic E-state index is 5.69. The fourth-order valence-corrected chi connectivity index (χ4v) is 0.945. The highest BCUT2D eigenvalue weighted by Crippen LogP contribution is 2.10. The van der Waals surface area contributed by atoms with Crippen LogP contribution in [0.4, 0.5) is 0 Å². The van der Waals surface area contributed by atoms with Gasteiger partial charge in [0.2, 0.25) is 0 Å². The minimum Gasteiger partial charge on any atom is -0.380 e. The molecular weight excluding hydrogens is 112 g/mol. The van der Waals surface area contributed by atoms with E-state index in [0.29, 0.717) is 0 Å². The van der Waals surface area contributed by atoms with Crippen molar-refractivity contribution in [2.75, 3.05) is 13.2 Å². The molecule has 0 aromatic heterocycles. The van der Waals surface area contributed by atoms with Crippen molar-refractivity contribution in [3.63, 3.8) is 0 Å². The third-order valence-corrected chi connectivity index (χ3v) is 1.45. The second-order valence-corrected chi connectivity index (χ2v) is 2.43. The molecule has 2 heteroatoms. The maximum absolute atomic E-state index is 5.69. The van der Waals surface area contributed by atoms with E-state index >= 15 is 0 Å². The van der Waals surface area contributed by atoms with Gasteiger partial charge in [0, 0.05) is 6.61 Å². The smallest absolute Gasteiger partial charge is 0.0630 e. The Hall–Kier alpha value is 0.250. The summed E-state index contributed by atoms with van der Waals surface area (Å²) in [6, 6.07) is 0. The van der Waals surface area contributed by atoms with Crippen molar-refractivity contribution in [3.05, 3.63) is 0 Å². The zero-order valence-electron chi connectivity index (χ0n) is 4.19. The summed E-state index contributed by atoms with van der Waals surface area (Å²) in [7, 11) is 0. The lowest BCUT2D eigenvalue weighted by atomic mass is 10.2. The van der Waals surface area contributed by atoms with Gasteiger partial charge in [0.1, 0.15) is 0 Å². The first kappa shape index (κ1) is 5.39. The van der Waals surface area contributed by atoms with Crippen LogP contribution in [-0.2, 0) is 4.74 Å². The largest absolute Gasteiger partial charge is 0.380 e. The van der Waals surface area contributed by atoms with E-state index in [0.717, 1.165) is 26.1 Å². The van der Waals surface area contributed by atoms with E-state index in [-0.39, 0.29) is 5.38 Å². The quantitative estimate of drug-likeness (QED) is 0.439. The van der Waals surface area contributed by atoms with Crippen LogP contribution in [-0.4, -0.2) is 18.6 Å². The third-order valence-electron chi connectivity index (χ3n) is 1.10. The molecule has 0 spiro atoms. The molecule has 0 radical (unpaired) electrons. The van der Waals surface area contributed by atoms with E-state index < -0.39 is 0 Å². The minimum absolute atomic E-state index is 0.286. The van der Waals surface area contributed by atoms with Crippen molar-refractivity contribution >= 4 is 11.6 Å². The molecule has 0 unspecified atom stereocenters. The van der Waals surface area contributed by atoms with Gasteiger partial charge in [0.05, 0.1) is 12.0 Å². The van der Waals surface area contributed by atoms with Crippen molar-refractivity contribution in [3.8, 4) is 0 Å². The number of ether oxygens (including phenoxy) is 1. The predicted octanol–water partition coefficient (Wildman–Crippen LogP) is 1.40. The van der Waals surface area contributed by atoms with Crippen LogP contribution >= 0.6 is 11.6 Å². The van der Waals surface area contributed by atoms with E-state index in [1.807, 2.05) is 0 Å². The van der Waals surface area contributed by atoms with E-state index in [4.69, 9.17) is 16.3 Å². The monoisotopic (exact) mass is 120 g/mol. The summed E-state index contributed by atoms with van der Waals surface area (Å²) in [5, 5.41) is 0.286. The lowest BCUT2D eigenvalue weighted by Crippen LogP contribution is -2.16. The van der Waals surface area contributed by atoms with Crippen molar-refractivity contribution in [1.82, 2.24) is 0 Å². The van der Waals surface area contributed by atoms with Crippen LogP contribution in [0.25, 0.3) is 0 Å². The highest BCUT2D eigenvalue weighted by atomic mass is 35.5. The molecule has 1 atom stereocenters. The number of alkyl halides is 1. The summed E-state index contributed by atoms with van der Waals surface area (Å²) in [6.45, 7) is 1.66. The Bertz CT molecular complexity index is 50.0. The zero-order chi connectivity index (χ0) is 5.11. The Balaban J connectivity index is 2.12. The van der Waals surface area contributed by atoms with Crippen molar-refractivity contribution < 1.29 is 4.74 Å². The Morgan fingerprint density at radius 1 is 1.57 bits per heavy atom. The van der Waals surface area contributed by atoms with E-state index in [9.17, 15) is 0 Å². The minimum atomic E-state index is 0.286. The highest BCUT2D eigenvalue weighted by molar-refractivity contribution is 6.20. The van der Waals surface area contributed by atoms with E-state index in [1.54, 1.807) is 0 Å². The standard InChI is InChI=1S/C5H9ClO/c6-5-2-1-3-7-4-5/h5H,1-4H2/t5-/m1/s1. The summed E-state index contributed by atoms with van der Waals surface area (Å²) in [5.41, 5.74) is 0. The van der Waals surface area contributed by atoms with Crippen LogP contribution < -0.4 is 0 Å². The first-order valence-corrected chi connectivity index (χ1v) is 3.05. The molecule has 0 bridgehead atoms. The molecule has 0 amide bonds. The SMILES string of the molecule is Cl[C@@H]1CCCOC1. The van der Waals surface area contributed by atoms with Gasteiger partial charge in [-0.1, -0.05) is 0 Å². The van der Waals surface area contributed by atoms with Crippen LogP contribution in [0.5, 0.6) is 0 Å². The van der Waals surface area contributed by atoms with Gasteiger partial charge < -0.3 is 4.74 Å². The fraction of sp³-hybridized carbons (Fsp3) is 1.00. The molecule has 0 N–H and O–H groups in total. The first-order chi connectivity index (χ1) is 3.39. The molecule has 0 aromatic rings. The lowest BCUT2D eigenvalue weighted by molar-refractivity contribution is 0.0998. The second-order valence-electron chi connectivity index (χ2n) is 1.81. The summed E-state index contributed by atoms with van der Waals surface area (Å²) in [5.74, 6) is 0.